The molecule has 0 radical (unpaired) electrons. The van der Waals surface area contributed by atoms with E-state index in [0.29, 0.717) is 6.61 Å². The average molecular weight is 336 g/mol. The van der Waals surface area contributed by atoms with Crippen molar-refractivity contribution in [2.75, 3.05) is 13.2 Å². The van der Waals surface area contributed by atoms with Crippen LogP contribution in [-0.2, 0) is 4.74 Å². The normalized spacial score (nSPS) is 24.0. The molecule has 1 aromatic rings. The van der Waals surface area contributed by atoms with Crippen LogP contribution in [0.15, 0.2) is 21.1 Å². The third-order valence-electron chi connectivity index (χ3n) is 2.30. The van der Waals surface area contributed by atoms with Crippen LogP contribution in [-0.4, -0.2) is 18.8 Å². The van der Waals surface area contributed by atoms with Crippen molar-refractivity contribution >= 4 is 31.9 Å². The minimum Gasteiger partial charge on any atom is -0.488 e. The van der Waals surface area contributed by atoms with Gasteiger partial charge in [-0.05, 0) is 63.4 Å². The van der Waals surface area contributed by atoms with Gasteiger partial charge in [0.25, 0.3) is 0 Å². The lowest BCUT2D eigenvalue weighted by Crippen LogP contribution is -2.17. The van der Waals surface area contributed by atoms with E-state index in [1.807, 2.05) is 26.0 Å². The van der Waals surface area contributed by atoms with Crippen LogP contribution in [0.4, 0.5) is 0 Å². The van der Waals surface area contributed by atoms with Crippen LogP contribution in [0.3, 0.4) is 0 Å². The summed E-state index contributed by atoms with van der Waals surface area (Å²) in [5.74, 6) is 0.845. The highest BCUT2D eigenvalue weighted by atomic mass is 79.9. The molecule has 0 bridgehead atoms. The van der Waals surface area contributed by atoms with Gasteiger partial charge in [-0.2, -0.15) is 0 Å². The molecule has 2 nitrogen and oxygen atoms in total. The highest BCUT2D eigenvalue weighted by Gasteiger charge is 2.40. The Balaban J connectivity index is 2.13. The van der Waals surface area contributed by atoms with Crippen molar-refractivity contribution in [3.8, 4) is 5.75 Å². The molecule has 1 aliphatic rings. The summed E-state index contributed by atoms with van der Waals surface area (Å²) in [5.41, 5.74) is 1.11. The van der Waals surface area contributed by atoms with Gasteiger partial charge in [-0.15, -0.1) is 0 Å². The van der Waals surface area contributed by atoms with Crippen LogP contribution < -0.4 is 4.74 Å². The Labute approximate surface area is 106 Å². The van der Waals surface area contributed by atoms with Gasteiger partial charge in [0.2, 0.25) is 0 Å². The van der Waals surface area contributed by atoms with Crippen LogP contribution in [0.25, 0.3) is 0 Å². The van der Waals surface area contributed by atoms with Crippen LogP contribution in [0.2, 0.25) is 0 Å². The lowest BCUT2D eigenvalue weighted by atomic mass is 10.2. The van der Waals surface area contributed by atoms with Crippen LogP contribution in [0.5, 0.6) is 5.75 Å². The average Bonchev–Trinajstić information content (AvgIpc) is 2.82. The molecule has 1 atom stereocenters. The number of halogens is 2. The summed E-state index contributed by atoms with van der Waals surface area (Å²) in [6, 6.07) is 4.08. The molecule has 0 spiro atoms. The van der Waals surface area contributed by atoms with Gasteiger partial charge in [-0.1, -0.05) is 0 Å². The molecule has 1 aromatic carbocycles. The van der Waals surface area contributed by atoms with Gasteiger partial charge >= 0.3 is 0 Å². The van der Waals surface area contributed by atoms with Crippen molar-refractivity contribution in [1.29, 1.82) is 0 Å². The molecule has 1 aliphatic heterocycles. The maximum atomic E-state index is 5.73. The molecule has 4 heteroatoms. The topological polar surface area (TPSA) is 21.8 Å². The molecule has 0 amide bonds. The molecule has 82 valence electrons. The van der Waals surface area contributed by atoms with Crippen molar-refractivity contribution in [1.82, 2.24) is 0 Å². The summed E-state index contributed by atoms with van der Waals surface area (Å²) < 4.78 is 12.9. The monoisotopic (exact) mass is 334 g/mol. The fourth-order valence-electron chi connectivity index (χ4n) is 1.26. The molecule has 0 aromatic heterocycles. The molecule has 15 heavy (non-hydrogen) atoms. The van der Waals surface area contributed by atoms with Gasteiger partial charge in [0, 0.05) is 0 Å². The van der Waals surface area contributed by atoms with Crippen molar-refractivity contribution in [3.05, 3.63) is 26.6 Å². The number of rotatable bonds is 3. The standard InChI is InChI=1S/C11H12Br2O2/c1-7-3-8(12)10(9(13)4-7)14-5-11(2)6-15-11/h3-4H,5-6H2,1-2H3. The largest absolute Gasteiger partial charge is 0.488 e. The summed E-state index contributed by atoms with van der Waals surface area (Å²) in [4.78, 5) is 0. The molecule has 0 aliphatic carbocycles. The highest BCUT2D eigenvalue weighted by molar-refractivity contribution is 9.11. The van der Waals surface area contributed by atoms with E-state index >= 15 is 0 Å². The fraction of sp³-hybridized carbons (Fsp3) is 0.455. The van der Waals surface area contributed by atoms with Crippen molar-refractivity contribution < 1.29 is 9.47 Å². The Morgan fingerprint density at radius 3 is 2.40 bits per heavy atom. The first-order valence-corrected chi connectivity index (χ1v) is 6.31. The SMILES string of the molecule is Cc1cc(Br)c(OCC2(C)CO2)c(Br)c1. The molecule has 1 heterocycles. The van der Waals surface area contributed by atoms with Gasteiger partial charge in [0.1, 0.15) is 18.0 Å². The van der Waals surface area contributed by atoms with Crippen molar-refractivity contribution in [2.45, 2.75) is 19.4 Å². The molecule has 0 N–H and O–H groups in total. The van der Waals surface area contributed by atoms with E-state index in [4.69, 9.17) is 9.47 Å². The molecule has 0 saturated carbocycles. The van der Waals surface area contributed by atoms with E-state index in [9.17, 15) is 0 Å². The highest BCUT2D eigenvalue weighted by Crippen LogP contribution is 2.36. The van der Waals surface area contributed by atoms with E-state index < -0.39 is 0 Å². The smallest absolute Gasteiger partial charge is 0.147 e. The first kappa shape index (κ1) is 11.4. The Hall–Kier alpha value is -0.0600. The molecular weight excluding hydrogens is 324 g/mol. The Bertz CT molecular complexity index is 363. The lowest BCUT2D eigenvalue weighted by Gasteiger charge is -2.12. The lowest BCUT2D eigenvalue weighted by molar-refractivity contribution is 0.201. The van der Waals surface area contributed by atoms with E-state index in [0.717, 1.165) is 21.3 Å². The van der Waals surface area contributed by atoms with Gasteiger partial charge in [0.15, 0.2) is 0 Å². The zero-order chi connectivity index (χ0) is 11.1. The number of ether oxygens (including phenoxy) is 2. The van der Waals surface area contributed by atoms with Crippen LogP contribution in [0, 0.1) is 6.92 Å². The van der Waals surface area contributed by atoms with Gasteiger partial charge < -0.3 is 9.47 Å². The first-order chi connectivity index (χ1) is 7.00. The Morgan fingerprint density at radius 2 is 1.93 bits per heavy atom. The van der Waals surface area contributed by atoms with Crippen molar-refractivity contribution in [2.24, 2.45) is 0 Å². The quantitative estimate of drug-likeness (QED) is 0.786. The summed E-state index contributed by atoms with van der Waals surface area (Å²) in [6.07, 6.45) is 0. The van der Waals surface area contributed by atoms with Crippen LogP contribution >= 0.6 is 31.9 Å². The third-order valence-corrected chi connectivity index (χ3v) is 3.48. The van der Waals surface area contributed by atoms with E-state index in [-0.39, 0.29) is 5.60 Å². The number of aryl methyl sites for hydroxylation is 1. The zero-order valence-electron chi connectivity index (χ0n) is 8.64. The number of hydrogen-bond donors (Lipinski definition) is 0. The second-order valence-corrected chi connectivity index (χ2v) is 5.79. The zero-order valence-corrected chi connectivity index (χ0v) is 11.8. The Morgan fingerprint density at radius 1 is 1.40 bits per heavy atom. The van der Waals surface area contributed by atoms with E-state index in [1.165, 1.54) is 5.56 Å². The molecule has 2 rings (SSSR count). The minimum absolute atomic E-state index is 0.0796. The van der Waals surface area contributed by atoms with Gasteiger partial charge in [-0.3, -0.25) is 0 Å². The second-order valence-electron chi connectivity index (χ2n) is 4.08. The van der Waals surface area contributed by atoms with E-state index in [2.05, 4.69) is 31.9 Å². The number of epoxide rings is 1. The van der Waals surface area contributed by atoms with Crippen LogP contribution in [0.1, 0.15) is 12.5 Å². The summed E-state index contributed by atoms with van der Waals surface area (Å²) in [7, 11) is 0. The van der Waals surface area contributed by atoms with E-state index in [1.54, 1.807) is 0 Å². The summed E-state index contributed by atoms with van der Waals surface area (Å²) in [5, 5.41) is 0. The predicted octanol–water partition coefficient (Wildman–Crippen LogP) is 3.69. The maximum Gasteiger partial charge on any atom is 0.147 e. The number of benzene rings is 1. The minimum atomic E-state index is -0.0796. The second kappa shape index (κ2) is 4.07. The van der Waals surface area contributed by atoms with Gasteiger partial charge in [0.05, 0.1) is 15.6 Å². The summed E-state index contributed by atoms with van der Waals surface area (Å²) >= 11 is 6.98. The fourth-order valence-corrected chi connectivity index (χ4v) is 2.90. The molecular formula is C11H12Br2O2. The number of hydrogen-bond acceptors (Lipinski definition) is 2. The molecule has 1 saturated heterocycles. The predicted molar refractivity (Wildman–Crippen MR) is 66.4 cm³/mol. The summed E-state index contributed by atoms with van der Waals surface area (Å²) in [6.45, 7) is 5.47. The molecule has 1 unspecified atom stereocenters. The Kier molecular flexibility index (Phi) is 3.10. The first-order valence-electron chi connectivity index (χ1n) is 4.73. The molecule has 1 fully saturated rings. The van der Waals surface area contributed by atoms with Crippen molar-refractivity contribution in [3.63, 3.8) is 0 Å². The van der Waals surface area contributed by atoms with Gasteiger partial charge in [-0.25, -0.2) is 0 Å². The third kappa shape index (κ3) is 2.74. The maximum absolute atomic E-state index is 5.73.